The Labute approximate surface area is 120 Å². The Morgan fingerprint density at radius 3 is 2.30 bits per heavy atom. The van der Waals surface area contributed by atoms with Gasteiger partial charge in [-0.05, 0) is 18.6 Å². The molecular weight excluding hydrogens is 336 g/mol. The number of halogens is 3. The maximum atomic E-state index is 12.5. The van der Waals surface area contributed by atoms with Crippen LogP contribution in [0.5, 0.6) is 0 Å². The quantitative estimate of drug-likeness (QED) is 0.765. The number of rotatable bonds is 7. The topological polar surface area (TPSA) is 80.3 Å². The Hall–Kier alpha value is -0.930. The molecular formula is C10H12ClF2NO4S2. The first kappa shape index (κ1) is 17.1. The Kier molecular flexibility index (Phi) is 5.72. The lowest BCUT2D eigenvalue weighted by Crippen LogP contribution is -2.20. The third-order valence-electron chi connectivity index (χ3n) is 2.24. The molecule has 114 valence electrons. The summed E-state index contributed by atoms with van der Waals surface area (Å²) in [4.78, 5) is -0.760. The van der Waals surface area contributed by atoms with Crippen LogP contribution in [0.1, 0.15) is 6.42 Å². The molecule has 0 unspecified atom stereocenters. The number of para-hydroxylation sites is 1. The monoisotopic (exact) mass is 347 g/mol. The summed E-state index contributed by atoms with van der Waals surface area (Å²) < 4.78 is 73.3. The number of hydrogen-bond acceptors (Lipinski definition) is 4. The average molecular weight is 348 g/mol. The van der Waals surface area contributed by atoms with Crippen LogP contribution >= 0.6 is 11.6 Å². The van der Waals surface area contributed by atoms with Gasteiger partial charge in [0.1, 0.15) is 0 Å². The number of alkyl halides is 3. The third-order valence-corrected chi connectivity index (χ3v) is 5.30. The first-order chi connectivity index (χ1) is 9.20. The van der Waals surface area contributed by atoms with E-state index in [1.807, 2.05) is 4.72 Å². The van der Waals surface area contributed by atoms with E-state index in [9.17, 15) is 25.6 Å². The highest BCUT2D eigenvalue weighted by atomic mass is 35.5. The smallest absolute Gasteiger partial charge is 0.282 e. The number of sulfone groups is 1. The molecule has 0 bridgehead atoms. The van der Waals surface area contributed by atoms with E-state index in [0.717, 1.165) is 12.1 Å². The summed E-state index contributed by atoms with van der Waals surface area (Å²) in [7, 11) is -8.74. The van der Waals surface area contributed by atoms with Gasteiger partial charge in [-0.1, -0.05) is 12.1 Å². The van der Waals surface area contributed by atoms with Gasteiger partial charge in [-0.3, -0.25) is 4.72 Å². The SMILES string of the molecule is O=S(=O)(CCCCl)Nc1ccccc1S(=O)(=O)C(F)F. The standard InChI is InChI=1S/C10H12ClF2NO4S2/c11-6-3-7-19(15,16)14-8-4-1-2-5-9(8)20(17,18)10(12)13/h1-2,4-5,10,14H,3,6-7H2. The van der Waals surface area contributed by atoms with Gasteiger partial charge >= 0.3 is 5.76 Å². The van der Waals surface area contributed by atoms with Crippen molar-refractivity contribution in [2.75, 3.05) is 16.4 Å². The minimum absolute atomic E-state index is 0.109. The minimum Gasteiger partial charge on any atom is -0.282 e. The first-order valence-corrected chi connectivity index (χ1v) is 9.11. The van der Waals surface area contributed by atoms with E-state index in [0.29, 0.717) is 0 Å². The molecule has 0 aliphatic heterocycles. The Balaban J connectivity index is 3.16. The lowest BCUT2D eigenvalue weighted by molar-refractivity contribution is 0.235. The van der Waals surface area contributed by atoms with Crippen LogP contribution in [0.2, 0.25) is 0 Å². The van der Waals surface area contributed by atoms with E-state index in [1.54, 1.807) is 0 Å². The fraction of sp³-hybridized carbons (Fsp3) is 0.400. The van der Waals surface area contributed by atoms with Crippen LogP contribution in [0.3, 0.4) is 0 Å². The summed E-state index contributed by atoms with van der Waals surface area (Å²) in [6, 6.07) is 4.59. The summed E-state index contributed by atoms with van der Waals surface area (Å²) in [6.07, 6.45) is 0.153. The number of benzene rings is 1. The molecule has 1 aromatic carbocycles. The molecule has 1 rings (SSSR count). The Bertz CT molecular complexity index is 662. The molecule has 0 saturated carbocycles. The van der Waals surface area contributed by atoms with E-state index in [1.165, 1.54) is 12.1 Å². The summed E-state index contributed by atoms with van der Waals surface area (Å²) >= 11 is 5.37. The van der Waals surface area contributed by atoms with E-state index < -0.39 is 36.2 Å². The lowest BCUT2D eigenvalue weighted by atomic mass is 10.3. The van der Waals surface area contributed by atoms with Crippen LogP contribution < -0.4 is 4.72 Å². The molecule has 0 aliphatic carbocycles. The number of anilines is 1. The zero-order chi connectivity index (χ0) is 15.4. The molecule has 0 saturated heterocycles. The van der Waals surface area contributed by atoms with Crippen molar-refractivity contribution in [1.29, 1.82) is 0 Å². The lowest BCUT2D eigenvalue weighted by Gasteiger charge is -2.12. The molecule has 0 amide bonds. The van der Waals surface area contributed by atoms with Crippen molar-refractivity contribution in [3.63, 3.8) is 0 Å². The summed E-state index contributed by atoms with van der Waals surface area (Å²) in [5, 5.41) is 0. The molecule has 0 fully saturated rings. The van der Waals surface area contributed by atoms with Crippen LogP contribution in [0.15, 0.2) is 29.2 Å². The van der Waals surface area contributed by atoms with Gasteiger partial charge in [0.2, 0.25) is 19.9 Å². The fourth-order valence-corrected chi connectivity index (χ4v) is 3.74. The zero-order valence-electron chi connectivity index (χ0n) is 10.1. The molecule has 0 spiro atoms. The molecule has 0 radical (unpaired) electrons. The fourth-order valence-electron chi connectivity index (χ4n) is 1.36. The predicted molar refractivity (Wildman–Crippen MR) is 72.4 cm³/mol. The second kappa shape index (κ2) is 6.68. The van der Waals surface area contributed by atoms with E-state index in [4.69, 9.17) is 11.6 Å². The maximum absolute atomic E-state index is 12.5. The zero-order valence-corrected chi connectivity index (χ0v) is 12.5. The highest BCUT2D eigenvalue weighted by molar-refractivity contribution is 7.93. The van der Waals surface area contributed by atoms with Crippen molar-refractivity contribution < 1.29 is 25.6 Å². The van der Waals surface area contributed by atoms with E-state index in [2.05, 4.69) is 0 Å². The van der Waals surface area contributed by atoms with Crippen LogP contribution in [0.4, 0.5) is 14.5 Å². The number of nitrogens with one attached hydrogen (secondary N) is 1. The van der Waals surface area contributed by atoms with E-state index in [-0.39, 0.29) is 18.1 Å². The summed E-state index contributed by atoms with van der Waals surface area (Å²) in [5.41, 5.74) is -0.401. The maximum Gasteiger partial charge on any atom is 0.341 e. The molecule has 0 heterocycles. The van der Waals surface area contributed by atoms with Gasteiger partial charge in [-0.15, -0.1) is 11.6 Å². The van der Waals surface area contributed by atoms with Crippen LogP contribution in [0.25, 0.3) is 0 Å². The number of hydrogen-bond donors (Lipinski definition) is 1. The van der Waals surface area contributed by atoms with Gasteiger partial charge < -0.3 is 0 Å². The van der Waals surface area contributed by atoms with E-state index >= 15 is 0 Å². The van der Waals surface area contributed by atoms with Gasteiger partial charge in [0.25, 0.3) is 0 Å². The third kappa shape index (κ3) is 4.29. The van der Waals surface area contributed by atoms with Gasteiger partial charge in [-0.25, -0.2) is 16.8 Å². The Morgan fingerprint density at radius 2 is 1.75 bits per heavy atom. The highest BCUT2D eigenvalue weighted by Crippen LogP contribution is 2.26. The van der Waals surface area contributed by atoms with Crippen LogP contribution in [-0.4, -0.2) is 34.2 Å². The molecule has 0 aromatic heterocycles. The van der Waals surface area contributed by atoms with Gasteiger partial charge in [0.15, 0.2) is 0 Å². The minimum atomic E-state index is -4.89. The average Bonchev–Trinajstić information content (AvgIpc) is 2.36. The number of sulfonamides is 1. The van der Waals surface area contributed by atoms with Crippen LogP contribution in [-0.2, 0) is 19.9 Å². The molecule has 5 nitrogen and oxygen atoms in total. The van der Waals surface area contributed by atoms with Crippen LogP contribution in [0, 0.1) is 0 Å². The van der Waals surface area contributed by atoms with Crippen molar-refractivity contribution in [2.24, 2.45) is 0 Å². The van der Waals surface area contributed by atoms with Crippen molar-refractivity contribution in [2.45, 2.75) is 17.1 Å². The molecule has 20 heavy (non-hydrogen) atoms. The van der Waals surface area contributed by atoms with Gasteiger partial charge in [0.05, 0.1) is 16.3 Å². The largest absolute Gasteiger partial charge is 0.341 e. The summed E-state index contributed by atoms with van der Waals surface area (Å²) in [6.45, 7) is 0. The molecule has 1 N–H and O–H groups in total. The first-order valence-electron chi connectivity index (χ1n) is 5.38. The second-order valence-corrected chi connectivity index (χ2v) is 7.87. The van der Waals surface area contributed by atoms with Gasteiger partial charge in [0, 0.05) is 5.88 Å². The molecule has 0 atom stereocenters. The van der Waals surface area contributed by atoms with Crippen molar-refractivity contribution >= 4 is 37.1 Å². The van der Waals surface area contributed by atoms with Crippen molar-refractivity contribution in [1.82, 2.24) is 0 Å². The molecule has 0 aliphatic rings. The summed E-state index contributed by atoms with van der Waals surface area (Å²) in [5.74, 6) is -3.85. The van der Waals surface area contributed by atoms with Crippen molar-refractivity contribution in [3.05, 3.63) is 24.3 Å². The molecule has 10 heteroatoms. The molecule has 1 aromatic rings. The Morgan fingerprint density at radius 1 is 1.15 bits per heavy atom. The highest BCUT2D eigenvalue weighted by Gasteiger charge is 2.30. The van der Waals surface area contributed by atoms with Gasteiger partial charge in [-0.2, -0.15) is 8.78 Å². The predicted octanol–water partition coefficient (Wildman–Crippen LogP) is 2.05. The second-order valence-electron chi connectivity index (χ2n) is 3.77. The van der Waals surface area contributed by atoms with Crippen molar-refractivity contribution in [3.8, 4) is 0 Å². The normalized spacial score (nSPS) is 12.6.